The van der Waals surface area contributed by atoms with Gasteiger partial charge in [-0.25, -0.2) is 13.6 Å². The van der Waals surface area contributed by atoms with Crippen molar-refractivity contribution >= 4 is 29.5 Å². The fourth-order valence-corrected chi connectivity index (χ4v) is 6.42. The van der Waals surface area contributed by atoms with Crippen molar-refractivity contribution in [1.29, 1.82) is 0 Å². The average molecular weight is 657 g/mol. The number of morpholine rings is 1. The van der Waals surface area contributed by atoms with Gasteiger partial charge in [-0.05, 0) is 71.7 Å². The fourth-order valence-electron chi connectivity index (χ4n) is 5.01. The third-order valence-corrected chi connectivity index (χ3v) is 8.95. The number of carbonyl (C=O) groups is 1. The Labute approximate surface area is 269 Å². The highest BCUT2D eigenvalue weighted by Gasteiger charge is 2.17. The van der Waals surface area contributed by atoms with Crippen molar-refractivity contribution in [3.05, 3.63) is 97.8 Å². The number of carboxylic acids is 1. The average Bonchev–Trinajstić information content (AvgIpc) is 3.30. The first-order valence-electron chi connectivity index (χ1n) is 14.6. The Bertz CT molecular complexity index is 1670. The van der Waals surface area contributed by atoms with Gasteiger partial charge in [-0.15, -0.1) is 11.3 Å². The molecule has 12 heteroatoms. The summed E-state index contributed by atoms with van der Waals surface area (Å²) in [6.07, 6.45) is 0.938. The van der Waals surface area contributed by atoms with Crippen molar-refractivity contribution in [2.75, 3.05) is 46.1 Å². The van der Waals surface area contributed by atoms with Gasteiger partial charge in [0.2, 0.25) is 5.88 Å². The Morgan fingerprint density at radius 3 is 2.42 bits per heavy atom. The number of benzene rings is 3. The molecule has 1 aliphatic heterocycles. The molecule has 45 heavy (non-hydrogen) atoms. The number of halogens is 2. The Kier molecular flexibility index (Phi) is 11.3. The van der Waals surface area contributed by atoms with Gasteiger partial charge < -0.3 is 24.4 Å². The zero-order valence-electron chi connectivity index (χ0n) is 24.5. The lowest BCUT2D eigenvalue weighted by Gasteiger charge is -2.26. The van der Waals surface area contributed by atoms with E-state index in [9.17, 15) is 18.7 Å². The van der Waals surface area contributed by atoms with E-state index in [1.165, 1.54) is 23.5 Å². The highest BCUT2D eigenvalue weighted by atomic mass is 32.1. The van der Waals surface area contributed by atoms with E-state index in [0.29, 0.717) is 78.1 Å². The Hall–Kier alpha value is -3.68. The van der Waals surface area contributed by atoms with Crippen LogP contribution in [0.5, 0.6) is 11.6 Å². The highest BCUT2D eigenvalue weighted by molar-refractivity contribution is 7.73. The van der Waals surface area contributed by atoms with Gasteiger partial charge in [0.25, 0.3) is 0 Å². The molecule has 0 aliphatic carbocycles. The Balaban J connectivity index is 1.25. The zero-order valence-corrected chi connectivity index (χ0v) is 26.2. The van der Waals surface area contributed by atoms with Gasteiger partial charge in [0.05, 0.1) is 30.3 Å². The predicted octanol–water partition coefficient (Wildman–Crippen LogP) is 6.54. The lowest BCUT2D eigenvalue weighted by molar-refractivity contribution is 0.0322. The van der Waals surface area contributed by atoms with Gasteiger partial charge in [-0.1, -0.05) is 24.3 Å². The third-order valence-electron chi connectivity index (χ3n) is 7.51. The third kappa shape index (κ3) is 8.74. The monoisotopic (exact) mass is 656 g/mol. The summed E-state index contributed by atoms with van der Waals surface area (Å²) in [4.78, 5) is 14.0. The molecule has 8 nitrogen and oxygen atoms in total. The van der Waals surface area contributed by atoms with Crippen molar-refractivity contribution in [2.24, 2.45) is 0 Å². The number of thiazole rings is 1. The second-order valence-corrected chi connectivity index (χ2v) is 12.3. The Morgan fingerprint density at radius 2 is 1.69 bits per heavy atom. The van der Waals surface area contributed by atoms with Crippen LogP contribution < -0.4 is 4.74 Å². The molecule has 2 heterocycles. The van der Waals surface area contributed by atoms with Crippen LogP contribution >= 0.6 is 23.6 Å². The molecule has 2 N–H and O–H groups in total. The molecule has 1 saturated heterocycles. The molecule has 0 atom stereocenters. The molecule has 3 aromatic carbocycles. The summed E-state index contributed by atoms with van der Waals surface area (Å²) in [7, 11) is 0. The molecule has 4 aromatic rings. The summed E-state index contributed by atoms with van der Waals surface area (Å²) in [6.45, 7) is 5.51. The maximum atomic E-state index is 14.0. The lowest BCUT2D eigenvalue weighted by atomic mass is 10.00. The van der Waals surface area contributed by atoms with Gasteiger partial charge in [-0.2, -0.15) is 0 Å². The smallest absolute Gasteiger partial charge is 0.335 e. The summed E-state index contributed by atoms with van der Waals surface area (Å²) >= 11 is 6.89. The molecule has 5 rings (SSSR count). The van der Waals surface area contributed by atoms with Crippen molar-refractivity contribution < 1.29 is 38.0 Å². The van der Waals surface area contributed by atoms with E-state index in [4.69, 9.17) is 31.5 Å². The van der Waals surface area contributed by atoms with E-state index in [2.05, 4.69) is 4.90 Å². The van der Waals surface area contributed by atoms with Crippen molar-refractivity contribution in [3.63, 3.8) is 0 Å². The molecule has 1 fully saturated rings. The molecule has 0 bridgehead atoms. The van der Waals surface area contributed by atoms with Gasteiger partial charge >= 0.3 is 5.97 Å². The fraction of sp³-hybridized carbons (Fsp3) is 0.333. The first-order chi connectivity index (χ1) is 21.8. The standard InChI is InChI=1S/C33H34F2N2O6S2/c34-27-8-6-25(19-28(27)35)24-7-9-29(43-17-13-36-11-15-41-16-12-36)26(18-24)20-30-31(38)37(33(44)45-30)10-1-14-42-21-22-2-4-23(5-3-22)32(39)40/h2-9,18-19,38H,1,10-17,20-21H2,(H,39,40). The second-order valence-electron chi connectivity index (χ2n) is 10.6. The molecule has 1 aliphatic rings. The predicted molar refractivity (Wildman–Crippen MR) is 170 cm³/mol. The number of aromatic carboxylic acids is 1. The van der Waals surface area contributed by atoms with Crippen LogP contribution in [0.2, 0.25) is 0 Å². The molecular formula is C33H34F2N2O6S2. The topological polar surface area (TPSA) is 93.4 Å². The van der Waals surface area contributed by atoms with Crippen LogP contribution in [0.25, 0.3) is 11.1 Å². The number of ether oxygens (including phenoxy) is 3. The minimum Gasteiger partial charge on any atom is -0.494 e. The first-order valence-corrected chi connectivity index (χ1v) is 15.8. The first kappa shape index (κ1) is 32.7. The van der Waals surface area contributed by atoms with E-state index >= 15 is 0 Å². The zero-order chi connectivity index (χ0) is 31.8. The molecule has 1 aromatic heterocycles. The van der Waals surface area contributed by atoms with Crippen molar-refractivity contribution in [3.8, 4) is 22.8 Å². The summed E-state index contributed by atoms with van der Waals surface area (Å²) in [6, 6.07) is 15.8. The van der Waals surface area contributed by atoms with Crippen LogP contribution in [-0.4, -0.2) is 71.7 Å². The van der Waals surface area contributed by atoms with E-state index in [1.54, 1.807) is 28.8 Å². The van der Waals surface area contributed by atoms with Gasteiger partial charge in [-0.3, -0.25) is 9.47 Å². The maximum absolute atomic E-state index is 14.0. The molecule has 0 unspecified atom stereocenters. The molecule has 0 saturated carbocycles. The lowest BCUT2D eigenvalue weighted by Crippen LogP contribution is -2.38. The van der Waals surface area contributed by atoms with Gasteiger partial charge in [0.15, 0.2) is 15.6 Å². The molecule has 238 valence electrons. The van der Waals surface area contributed by atoms with E-state index < -0.39 is 17.6 Å². The molecule has 0 amide bonds. The molecule has 0 radical (unpaired) electrons. The number of nitrogens with zero attached hydrogens (tertiary/aromatic N) is 2. The quantitative estimate of drug-likeness (QED) is 0.117. The van der Waals surface area contributed by atoms with Crippen molar-refractivity contribution in [1.82, 2.24) is 9.47 Å². The number of hydrogen-bond donors (Lipinski definition) is 2. The largest absolute Gasteiger partial charge is 0.494 e. The van der Waals surface area contributed by atoms with Crippen molar-refractivity contribution in [2.45, 2.75) is 26.0 Å². The van der Waals surface area contributed by atoms with Crippen LogP contribution in [0, 0.1) is 15.6 Å². The molecule has 0 spiro atoms. The SMILES string of the molecule is O=C(O)c1ccc(COCCCn2c(O)c(Cc3cc(-c4ccc(F)c(F)c4)ccc3OCCN3CCOCC3)sc2=S)cc1. The summed E-state index contributed by atoms with van der Waals surface area (Å²) in [5.74, 6) is -2.09. The Morgan fingerprint density at radius 1 is 0.956 bits per heavy atom. The van der Waals surface area contributed by atoms with Crippen LogP contribution in [0.3, 0.4) is 0 Å². The summed E-state index contributed by atoms with van der Waals surface area (Å²) in [5, 5.41) is 20.2. The van der Waals surface area contributed by atoms with E-state index in [-0.39, 0.29) is 11.4 Å². The van der Waals surface area contributed by atoms with Crippen LogP contribution in [0.15, 0.2) is 60.7 Å². The van der Waals surface area contributed by atoms with E-state index in [1.807, 2.05) is 18.2 Å². The number of aromatic nitrogens is 1. The molecular weight excluding hydrogens is 623 g/mol. The normalized spacial score (nSPS) is 13.6. The van der Waals surface area contributed by atoms with E-state index in [0.717, 1.165) is 36.8 Å². The maximum Gasteiger partial charge on any atom is 0.335 e. The minimum atomic E-state index is -0.974. The summed E-state index contributed by atoms with van der Waals surface area (Å²) in [5.41, 5.74) is 3.10. The van der Waals surface area contributed by atoms with Crippen LogP contribution in [0.4, 0.5) is 8.78 Å². The van der Waals surface area contributed by atoms with Crippen LogP contribution in [0.1, 0.15) is 32.8 Å². The highest BCUT2D eigenvalue weighted by Crippen LogP contribution is 2.34. The number of carboxylic acid groups (broad SMARTS) is 1. The number of hydrogen-bond acceptors (Lipinski definition) is 8. The van der Waals surface area contributed by atoms with Crippen LogP contribution in [-0.2, 0) is 29.0 Å². The van der Waals surface area contributed by atoms with Gasteiger partial charge in [0.1, 0.15) is 12.4 Å². The second kappa shape index (κ2) is 15.5. The number of rotatable bonds is 14. The summed E-state index contributed by atoms with van der Waals surface area (Å²) < 4.78 is 47.2. The van der Waals surface area contributed by atoms with Gasteiger partial charge in [0, 0.05) is 44.8 Å². The minimum absolute atomic E-state index is 0.0757. The number of aromatic hydroxyl groups is 1.